The standard InChI is InChI=1S/C14H20N4/c1-3-15-12-6-8-14(9-7-12,18-4-2)13-16-10-5-11-17-13/h5-8,10-11,15,18H,3-4,9H2,1-2H3. The normalized spacial score (nSPS) is 22.7. The average molecular weight is 244 g/mol. The van der Waals surface area contributed by atoms with Gasteiger partial charge in [0.05, 0.1) is 0 Å². The predicted molar refractivity (Wildman–Crippen MR) is 72.9 cm³/mol. The Morgan fingerprint density at radius 1 is 1.22 bits per heavy atom. The van der Waals surface area contributed by atoms with Crippen molar-refractivity contribution in [2.45, 2.75) is 25.8 Å². The van der Waals surface area contributed by atoms with Crippen LogP contribution in [-0.2, 0) is 5.54 Å². The Hall–Kier alpha value is -1.68. The quantitative estimate of drug-likeness (QED) is 0.828. The summed E-state index contributed by atoms with van der Waals surface area (Å²) in [6, 6.07) is 1.84. The van der Waals surface area contributed by atoms with E-state index in [2.05, 4.69) is 52.7 Å². The Bertz CT molecular complexity index is 438. The van der Waals surface area contributed by atoms with Crippen LogP contribution in [0.5, 0.6) is 0 Å². The summed E-state index contributed by atoms with van der Waals surface area (Å²) >= 11 is 0. The lowest BCUT2D eigenvalue weighted by Crippen LogP contribution is -2.43. The van der Waals surface area contributed by atoms with Crippen LogP contribution in [0.15, 0.2) is 42.4 Å². The fourth-order valence-corrected chi connectivity index (χ4v) is 2.20. The maximum Gasteiger partial charge on any atom is 0.152 e. The second-order valence-electron chi connectivity index (χ2n) is 4.30. The van der Waals surface area contributed by atoms with E-state index in [4.69, 9.17) is 0 Å². The average Bonchev–Trinajstić information content (AvgIpc) is 2.43. The molecule has 2 N–H and O–H groups in total. The third-order valence-corrected chi connectivity index (χ3v) is 3.03. The van der Waals surface area contributed by atoms with E-state index < -0.39 is 0 Å². The Morgan fingerprint density at radius 3 is 2.56 bits per heavy atom. The minimum absolute atomic E-state index is 0.269. The van der Waals surface area contributed by atoms with Crippen molar-refractivity contribution >= 4 is 0 Å². The molecular weight excluding hydrogens is 224 g/mol. The van der Waals surface area contributed by atoms with Gasteiger partial charge in [-0.2, -0.15) is 0 Å². The first-order valence-electron chi connectivity index (χ1n) is 6.46. The minimum Gasteiger partial charge on any atom is -0.386 e. The van der Waals surface area contributed by atoms with Crippen molar-refractivity contribution in [2.24, 2.45) is 0 Å². The fourth-order valence-electron chi connectivity index (χ4n) is 2.20. The van der Waals surface area contributed by atoms with Crippen LogP contribution in [0.3, 0.4) is 0 Å². The van der Waals surface area contributed by atoms with Gasteiger partial charge in [0.2, 0.25) is 0 Å². The van der Waals surface area contributed by atoms with E-state index in [9.17, 15) is 0 Å². The Morgan fingerprint density at radius 2 is 2.00 bits per heavy atom. The van der Waals surface area contributed by atoms with Crippen LogP contribution in [0.4, 0.5) is 0 Å². The molecule has 4 heteroatoms. The summed E-state index contributed by atoms with van der Waals surface area (Å²) in [5.41, 5.74) is 0.900. The van der Waals surface area contributed by atoms with E-state index in [-0.39, 0.29) is 5.54 Å². The summed E-state index contributed by atoms with van der Waals surface area (Å²) in [4.78, 5) is 8.78. The Balaban J connectivity index is 2.24. The van der Waals surface area contributed by atoms with Crippen LogP contribution in [0.2, 0.25) is 0 Å². The Kier molecular flexibility index (Phi) is 4.10. The van der Waals surface area contributed by atoms with Gasteiger partial charge in [-0.3, -0.25) is 0 Å². The number of nitrogens with one attached hydrogen (secondary N) is 2. The number of rotatable bonds is 5. The molecule has 1 aromatic heterocycles. The molecule has 0 amide bonds. The molecule has 1 aliphatic rings. The van der Waals surface area contributed by atoms with Gasteiger partial charge < -0.3 is 10.6 Å². The van der Waals surface area contributed by atoms with E-state index >= 15 is 0 Å². The van der Waals surface area contributed by atoms with E-state index in [1.54, 1.807) is 12.4 Å². The number of hydrogen-bond donors (Lipinski definition) is 2. The SMILES string of the molecule is CCNC1=CCC(NCC)(c2ncccn2)C=C1. The van der Waals surface area contributed by atoms with Gasteiger partial charge in [0.15, 0.2) is 5.82 Å². The second-order valence-corrected chi connectivity index (χ2v) is 4.30. The zero-order valence-corrected chi connectivity index (χ0v) is 11.0. The summed E-state index contributed by atoms with van der Waals surface area (Å²) < 4.78 is 0. The molecule has 0 saturated carbocycles. The molecule has 0 fully saturated rings. The maximum atomic E-state index is 4.39. The summed E-state index contributed by atoms with van der Waals surface area (Å²) in [5, 5.41) is 6.81. The van der Waals surface area contributed by atoms with Crippen molar-refractivity contribution in [3.05, 3.63) is 48.2 Å². The number of aromatic nitrogens is 2. The van der Waals surface area contributed by atoms with Gasteiger partial charge in [-0.15, -0.1) is 0 Å². The van der Waals surface area contributed by atoms with Crippen LogP contribution in [0.1, 0.15) is 26.1 Å². The molecule has 4 nitrogen and oxygen atoms in total. The molecule has 2 rings (SSSR count). The van der Waals surface area contributed by atoms with Gasteiger partial charge in [0.1, 0.15) is 5.54 Å². The first-order valence-corrected chi connectivity index (χ1v) is 6.46. The fraction of sp³-hybridized carbons (Fsp3) is 0.429. The summed E-state index contributed by atoms with van der Waals surface area (Å²) in [6.07, 6.45) is 10.9. The molecule has 0 aromatic carbocycles. The van der Waals surface area contributed by atoms with E-state index in [1.807, 2.05) is 6.07 Å². The predicted octanol–water partition coefficient (Wildman–Crippen LogP) is 1.73. The molecule has 1 aliphatic carbocycles. The van der Waals surface area contributed by atoms with Crippen LogP contribution in [0.25, 0.3) is 0 Å². The number of likely N-dealkylation sites (N-methyl/N-ethyl adjacent to an activating group) is 2. The lowest BCUT2D eigenvalue weighted by molar-refractivity contribution is 0.401. The van der Waals surface area contributed by atoms with Gasteiger partial charge in [0.25, 0.3) is 0 Å². The number of allylic oxidation sites excluding steroid dienone is 1. The zero-order chi connectivity index (χ0) is 12.8. The molecule has 1 unspecified atom stereocenters. The van der Waals surface area contributed by atoms with Crippen molar-refractivity contribution in [3.63, 3.8) is 0 Å². The third kappa shape index (κ3) is 2.59. The molecule has 1 aromatic rings. The maximum absolute atomic E-state index is 4.39. The van der Waals surface area contributed by atoms with Gasteiger partial charge in [-0.25, -0.2) is 9.97 Å². The molecule has 0 spiro atoms. The smallest absolute Gasteiger partial charge is 0.152 e. The first kappa shape index (κ1) is 12.8. The molecule has 1 atom stereocenters. The van der Waals surface area contributed by atoms with Crippen LogP contribution < -0.4 is 10.6 Å². The highest BCUT2D eigenvalue weighted by Crippen LogP contribution is 2.28. The van der Waals surface area contributed by atoms with Gasteiger partial charge in [-0.1, -0.05) is 19.1 Å². The molecule has 0 saturated heterocycles. The van der Waals surface area contributed by atoms with Crippen molar-refractivity contribution in [1.29, 1.82) is 0 Å². The number of hydrogen-bond acceptors (Lipinski definition) is 4. The molecule has 96 valence electrons. The first-order chi connectivity index (χ1) is 8.80. The van der Waals surface area contributed by atoms with E-state index in [0.717, 1.165) is 25.3 Å². The summed E-state index contributed by atoms with van der Waals surface area (Å²) in [6.45, 7) is 6.02. The molecular formula is C14H20N4. The lowest BCUT2D eigenvalue weighted by atomic mass is 9.89. The van der Waals surface area contributed by atoms with Crippen LogP contribution in [0, 0.1) is 0 Å². The van der Waals surface area contributed by atoms with E-state index in [0.29, 0.717) is 0 Å². The van der Waals surface area contributed by atoms with Crippen LogP contribution in [-0.4, -0.2) is 23.1 Å². The molecule has 1 heterocycles. The zero-order valence-electron chi connectivity index (χ0n) is 11.0. The number of nitrogens with zero attached hydrogens (tertiary/aromatic N) is 2. The molecule has 0 radical (unpaired) electrons. The van der Waals surface area contributed by atoms with Gasteiger partial charge >= 0.3 is 0 Å². The second kappa shape index (κ2) is 5.78. The monoisotopic (exact) mass is 244 g/mol. The lowest BCUT2D eigenvalue weighted by Gasteiger charge is -2.31. The minimum atomic E-state index is -0.269. The molecule has 0 aliphatic heterocycles. The van der Waals surface area contributed by atoms with Crippen molar-refractivity contribution in [3.8, 4) is 0 Å². The largest absolute Gasteiger partial charge is 0.386 e. The highest BCUT2D eigenvalue weighted by atomic mass is 15.0. The van der Waals surface area contributed by atoms with Crippen LogP contribution >= 0.6 is 0 Å². The van der Waals surface area contributed by atoms with E-state index in [1.165, 1.54) is 5.70 Å². The third-order valence-electron chi connectivity index (χ3n) is 3.03. The van der Waals surface area contributed by atoms with Gasteiger partial charge in [-0.05, 0) is 32.0 Å². The topological polar surface area (TPSA) is 49.8 Å². The van der Waals surface area contributed by atoms with Crippen molar-refractivity contribution < 1.29 is 0 Å². The Labute approximate surface area is 108 Å². The van der Waals surface area contributed by atoms with Gasteiger partial charge in [0, 0.05) is 24.6 Å². The highest BCUT2D eigenvalue weighted by Gasteiger charge is 2.32. The molecule has 18 heavy (non-hydrogen) atoms. The molecule has 0 bridgehead atoms. The summed E-state index contributed by atoms with van der Waals surface area (Å²) in [5.74, 6) is 0.829. The van der Waals surface area contributed by atoms with Crippen molar-refractivity contribution in [1.82, 2.24) is 20.6 Å². The van der Waals surface area contributed by atoms with Crippen molar-refractivity contribution in [2.75, 3.05) is 13.1 Å². The highest BCUT2D eigenvalue weighted by molar-refractivity contribution is 5.31. The summed E-state index contributed by atoms with van der Waals surface area (Å²) in [7, 11) is 0.